The maximum Gasteiger partial charge on any atom is 0.337 e. The van der Waals surface area contributed by atoms with Crippen molar-refractivity contribution in [3.05, 3.63) is 28.8 Å². The molecule has 1 fully saturated rings. The van der Waals surface area contributed by atoms with Gasteiger partial charge in [-0.1, -0.05) is 11.6 Å². The second-order valence-corrected chi connectivity index (χ2v) is 5.42. The highest BCUT2D eigenvalue weighted by molar-refractivity contribution is 6.33. The molecular weight excluding hydrogens is 310 g/mol. The van der Waals surface area contributed by atoms with Gasteiger partial charge in [-0.05, 0) is 31.0 Å². The minimum absolute atomic E-state index is 0.000405. The normalized spacial score (nSPS) is 17.4. The third kappa shape index (κ3) is 4.98. The van der Waals surface area contributed by atoms with E-state index in [0.717, 1.165) is 19.4 Å². The zero-order valence-corrected chi connectivity index (χ0v) is 12.8. The number of carbonyl (C=O) groups excluding carboxylic acids is 1. The molecule has 120 valence electrons. The Bertz CT molecular complexity index is 543. The van der Waals surface area contributed by atoms with E-state index in [0.29, 0.717) is 18.9 Å². The Morgan fingerprint density at radius 2 is 2.27 bits per heavy atom. The number of carbonyl (C=O) groups is 2. The molecule has 22 heavy (non-hydrogen) atoms. The summed E-state index contributed by atoms with van der Waals surface area (Å²) in [6.07, 6.45) is 2.42. The molecule has 6 nitrogen and oxygen atoms in total. The van der Waals surface area contributed by atoms with E-state index in [2.05, 4.69) is 5.32 Å². The monoisotopic (exact) mass is 327 g/mol. The van der Waals surface area contributed by atoms with Crippen molar-refractivity contribution in [2.75, 3.05) is 25.1 Å². The first-order valence-corrected chi connectivity index (χ1v) is 7.46. The van der Waals surface area contributed by atoms with Crippen molar-refractivity contribution in [3.8, 4) is 0 Å². The van der Waals surface area contributed by atoms with Gasteiger partial charge < -0.3 is 19.9 Å². The van der Waals surface area contributed by atoms with Gasteiger partial charge in [0.25, 0.3) is 0 Å². The lowest BCUT2D eigenvalue weighted by Gasteiger charge is -2.10. The van der Waals surface area contributed by atoms with Crippen LogP contribution in [0, 0.1) is 0 Å². The Hall–Kier alpha value is -1.63. The van der Waals surface area contributed by atoms with Gasteiger partial charge in [-0.25, -0.2) is 4.79 Å². The Kier molecular flexibility index (Phi) is 6.18. The van der Waals surface area contributed by atoms with E-state index >= 15 is 0 Å². The van der Waals surface area contributed by atoms with Crippen molar-refractivity contribution in [1.29, 1.82) is 0 Å². The quantitative estimate of drug-likeness (QED) is 0.752. The molecular formula is C15H18ClNO5. The molecule has 2 rings (SSSR count). The molecule has 1 atom stereocenters. The molecule has 0 spiro atoms. The topological polar surface area (TPSA) is 84.9 Å². The summed E-state index contributed by atoms with van der Waals surface area (Å²) in [4.78, 5) is 22.6. The highest BCUT2D eigenvalue weighted by Gasteiger charge is 2.15. The number of carboxylic acid groups (broad SMARTS) is 1. The third-order valence-electron chi connectivity index (χ3n) is 3.28. The van der Waals surface area contributed by atoms with Crippen LogP contribution in [0.3, 0.4) is 0 Å². The van der Waals surface area contributed by atoms with E-state index in [4.69, 9.17) is 26.2 Å². The van der Waals surface area contributed by atoms with Gasteiger partial charge in [0, 0.05) is 12.3 Å². The summed E-state index contributed by atoms with van der Waals surface area (Å²) in [5.41, 5.74) is 0.457. The number of nitrogens with one attached hydrogen (secondary N) is 1. The maximum atomic E-state index is 11.8. The van der Waals surface area contributed by atoms with E-state index in [1.807, 2.05) is 0 Å². The number of amides is 1. The predicted octanol–water partition coefficient (Wildman–Crippen LogP) is 2.56. The van der Waals surface area contributed by atoms with Gasteiger partial charge in [0.1, 0.15) is 0 Å². The van der Waals surface area contributed by atoms with E-state index < -0.39 is 5.97 Å². The van der Waals surface area contributed by atoms with Crippen LogP contribution in [0.25, 0.3) is 0 Å². The summed E-state index contributed by atoms with van der Waals surface area (Å²) in [5, 5.41) is 11.6. The van der Waals surface area contributed by atoms with Gasteiger partial charge in [0.05, 0.1) is 36.3 Å². The number of hydrogen-bond acceptors (Lipinski definition) is 4. The Morgan fingerprint density at radius 1 is 1.45 bits per heavy atom. The van der Waals surface area contributed by atoms with Crippen molar-refractivity contribution in [1.82, 2.24) is 0 Å². The van der Waals surface area contributed by atoms with Crippen LogP contribution in [0.2, 0.25) is 5.02 Å². The van der Waals surface area contributed by atoms with Crippen LogP contribution in [-0.2, 0) is 14.3 Å². The molecule has 0 saturated carbocycles. The number of halogens is 1. The van der Waals surface area contributed by atoms with Crippen LogP contribution in [0.1, 0.15) is 29.6 Å². The smallest absolute Gasteiger partial charge is 0.337 e. The summed E-state index contributed by atoms with van der Waals surface area (Å²) in [7, 11) is 0. The standard InChI is InChI=1S/C15H18ClNO5/c16-13-8-10(3-4-12(13)15(19)20)17-14(18)5-7-21-9-11-2-1-6-22-11/h3-4,8,11H,1-2,5-7,9H2,(H,17,18)(H,19,20). The van der Waals surface area contributed by atoms with Crippen molar-refractivity contribution in [2.45, 2.75) is 25.4 Å². The van der Waals surface area contributed by atoms with Gasteiger partial charge in [-0.3, -0.25) is 4.79 Å². The van der Waals surface area contributed by atoms with Crippen LogP contribution >= 0.6 is 11.6 Å². The van der Waals surface area contributed by atoms with Crippen LogP contribution in [0.5, 0.6) is 0 Å². The van der Waals surface area contributed by atoms with Crippen LogP contribution in [0.4, 0.5) is 5.69 Å². The zero-order valence-electron chi connectivity index (χ0n) is 12.0. The fraction of sp³-hybridized carbons (Fsp3) is 0.467. The van der Waals surface area contributed by atoms with Gasteiger partial charge in [0.2, 0.25) is 5.91 Å². The van der Waals surface area contributed by atoms with Crippen molar-refractivity contribution < 1.29 is 24.2 Å². The SMILES string of the molecule is O=C(CCOCC1CCCO1)Nc1ccc(C(=O)O)c(Cl)c1. The van der Waals surface area contributed by atoms with E-state index in [-0.39, 0.29) is 29.0 Å². The molecule has 2 N–H and O–H groups in total. The summed E-state index contributed by atoms with van der Waals surface area (Å²) in [6, 6.07) is 4.27. The molecule has 1 aliphatic heterocycles. The number of benzene rings is 1. The summed E-state index contributed by atoms with van der Waals surface area (Å²) in [6.45, 7) is 1.60. The maximum absolute atomic E-state index is 11.8. The first kappa shape index (κ1) is 16.7. The van der Waals surface area contributed by atoms with Gasteiger partial charge in [-0.2, -0.15) is 0 Å². The Balaban J connectivity index is 1.72. The van der Waals surface area contributed by atoms with Gasteiger partial charge in [0.15, 0.2) is 0 Å². The number of rotatable bonds is 7. The Morgan fingerprint density at radius 3 is 2.91 bits per heavy atom. The van der Waals surface area contributed by atoms with E-state index in [1.165, 1.54) is 18.2 Å². The molecule has 1 amide bonds. The van der Waals surface area contributed by atoms with Gasteiger partial charge in [-0.15, -0.1) is 0 Å². The van der Waals surface area contributed by atoms with Gasteiger partial charge >= 0.3 is 5.97 Å². The largest absolute Gasteiger partial charge is 0.478 e. The molecule has 1 aromatic carbocycles. The predicted molar refractivity (Wildman–Crippen MR) is 81.5 cm³/mol. The molecule has 1 aliphatic rings. The van der Waals surface area contributed by atoms with Crippen molar-refractivity contribution in [3.63, 3.8) is 0 Å². The molecule has 0 bridgehead atoms. The van der Waals surface area contributed by atoms with Crippen LogP contribution < -0.4 is 5.32 Å². The average Bonchev–Trinajstić information content (AvgIpc) is 2.96. The molecule has 0 aliphatic carbocycles. The molecule has 1 aromatic rings. The number of hydrogen-bond donors (Lipinski definition) is 2. The minimum atomic E-state index is -1.11. The first-order chi connectivity index (χ1) is 10.6. The second-order valence-electron chi connectivity index (χ2n) is 5.01. The lowest BCUT2D eigenvalue weighted by molar-refractivity contribution is -0.117. The zero-order chi connectivity index (χ0) is 15.9. The average molecular weight is 328 g/mol. The highest BCUT2D eigenvalue weighted by Crippen LogP contribution is 2.21. The van der Waals surface area contributed by atoms with E-state index in [1.54, 1.807) is 0 Å². The Labute approximate surface area is 133 Å². The van der Waals surface area contributed by atoms with Crippen LogP contribution in [0.15, 0.2) is 18.2 Å². The number of ether oxygens (including phenoxy) is 2. The lowest BCUT2D eigenvalue weighted by atomic mass is 10.2. The minimum Gasteiger partial charge on any atom is -0.478 e. The third-order valence-corrected chi connectivity index (χ3v) is 3.60. The fourth-order valence-corrected chi connectivity index (χ4v) is 2.41. The number of carboxylic acids is 1. The summed E-state index contributed by atoms with van der Waals surface area (Å²) < 4.78 is 10.8. The van der Waals surface area contributed by atoms with E-state index in [9.17, 15) is 9.59 Å². The molecule has 1 heterocycles. The van der Waals surface area contributed by atoms with Crippen molar-refractivity contribution in [2.24, 2.45) is 0 Å². The molecule has 0 radical (unpaired) electrons. The molecule has 7 heteroatoms. The molecule has 1 saturated heterocycles. The van der Waals surface area contributed by atoms with Crippen molar-refractivity contribution >= 4 is 29.2 Å². The summed E-state index contributed by atoms with van der Waals surface area (Å²) >= 11 is 5.84. The molecule has 0 aromatic heterocycles. The number of aromatic carboxylic acids is 1. The molecule has 1 unspecified atom stereocenters. The summed E-state index contributed by atoms with van der Waals surface area (Å²) in [5.74, 6) is -1.32. The lowest BCUT2D eigenvalue weighted by Crippen LogP contribution is -2.18. The highest BCUT2D eigenvalue weighted by atomic mass is 35.5. The second kappa shape index (κ2) is 8.12. The fourth-order valence-electron chi connectivity index (χ4n) is 2.15. The number of anilines is 1. The van der Waals surface area contributed by atoms with Crippen LogP contribution in [-0.4, -0.2) is 42.9 Å². The first-order valence-electron chi connectivity index (χ1n) is 7.08.